The lowest BCUT2D eigenvalue weighted by atomic mass is 10.2. The molecule has 1 amide bonds. The highest BCUT2D eigenvalue weighted by molar-refractivity contribution is 5.94. The minimum absolute atomic E-state index is 0.144. The maximum absolute atomic E-state index is 11.5. The SMILES string of the molecule is CCCOc1ccc(OCc2occc2C(=O)NN)cc1. The molecule has 0 aliphatic rings. The van der Waals surface area contributed by atoms with E-state index in [2.05, 4.69) is 12.3 Å². The van der Waals surface area contributed by atoms with E-state index in [1.807, 2.05) is 12.1 Å². The summed E-state index contributed by atoms with van der Waals surface area (Å²) in [7, 11) is 0. The van der Waals surface area contributed by atoms with Crippen molar-refractivity contribution in [2.75, 3.05) is 6.61 Å². The summed E-state index contributed by atoms with van der Waals surface area (Å²) in [6, 6.07) is 8.82. The van der Waals surface area contributed by atoms with E-state index in [9.17, 15) is 4.79 Å². The molecule has 0 unspecified atom stereocenters. The van der Waals surface area contributed by atoms with Crippen LogP contribution in [0.3, 0.4) is 0 Å². The Kier molecular flexibility index (Phi) is 5.22. The Morgan fingerprint density at radius 2 is 1.86 bits per heavy atom. The predicted molar refractivity (Wildman–Crippen MR) is 76.9 cm³/mol. The van der Waals surface area contributed by atoms with Crippen LogP contribution < -0.4 is 20.7 Å². The lowest BCUT2D eigenvalue weighted by Crippen LogP contribution is -2.30. The van der Waals surface area contributed by atoms with E-state index < -0.39 is 5.91 Å². The van der Waals surface area contributed by atoms with Crippen molar-refractivity contribution in [2.45, 2.75) is 20.0 Å². The molecular weight excluding hydrogens is 272 g/mol. The first kappa shape index (κ1) is 14.9. The van der Waals surface area contributed by atoms with E-state index in [-0.39, 0.29) is 6.61 Å². The molecular formula is C15H18N2O4. The second kappa shape index (κ2) is 7.35. The number of furan rings is 1. The van der Waals surface area contributed by atoms with E-state index in [0.29, 0.717) is 23.7 Å². The summed E-state index contributed by atoms with van der Waals surface area (Å²) >= 11 is 0. The Morgan fingerprint density at radius 3 is 2.48 bits per heavy atom. The molecule has 0 spiro atoms. The molecule has 0 saturated heterocycles. The van der Waals surface area contributed by atoms with Crippen LogP contribution in [0.1, 0.15) is 29.5 Å². The van der Waals surface area contributed by atoms with Crippen LogP contribution in [0.15, 0.2) is 41.0 Å². The number of nitrogen functional groups attached to an aromatic ring is 1. The third-order valence-electron chi connectivity index (χ3n) is 2.79. The quantitative estimate of drug-likeness (QED) is 0.464. The van der Waals surface area contributed by atoms with Crippen LogP contribution in [0.25, 0.3) is 0 Å². The third kappa shape index (κ3) is 4.00. The fourth-order valence-corrected chi connectivity index (χ4v) is 1.73. The highest BCUT2D eigenvalue weighted by atomic mass is 16.5. The number of ether oxygens (including phenoxy) is 2. The lowest BCUT2D eigenvalue weighted by Gasteiger charge is -2.08. The zero-order chi connectivity index (χ0) is 15.1. The molecule has 1 aromatic heterocycles. The predicted octanol–water partition coefficient (Wildman–Crippen LogP) is 2.25. The highest BCUT2D eigenvalue weighted by Gasteiger charge is 2.13. The number of hydrazine groups is 1. The fraction of sp³-hybridized carbons (Fsp3) is 0.267. The topological polar surface area (TPSA) is 86.7 Å². The number of nitrogens with two attached hydrogens (primary N) is 1. The van der Waals surface area contributed by atoms with Crippen molar-refractivity contribution in [3.63, 3.8) is 0 Å². The molecule has 0 radical (unpaired) electrons. The molecule has 6 nitrogen and oxygen atoms in total. The number of carbonyl (C=O) groups is 1. The Hall–Kier alpha value is -2.47. The third-order valence-corrected chi connectivity index (χ3v) is 2.79. The summed E-state index contributed by atoms with van der Waals surface area (Å²) in [5.74, 6) is 6.57. The first-order valence-corrected chi connectivity index (χ1v) is 6.67. The Morgan fingerprint density at radius 1 is 1.19 bits per heavy atom. The monoisotopic (exact) mass is 290 g/mol. The van der Waals surface area contributed by atoms with Gasteiger partial charge < -0.3 is 13.9 Å². The lowest BCUT2D eigenvalue weighted by molar-refractivity contribution is 0.0949. The van der Waals surface area contributed by atoms with Crippen molar-refractivity contribution in [3.8, 4) is 11.5 Å². The number of nitrogens with one attached hydrogen (secondary N) is 1. The molecule has 0 atom stereocenters. The first-order valence-electron chi connectivity index (χ1n) is 6.67. The normalized spacial score (nSPS) is 10.2. The molecule has 6 heteroatoms. The molecule has 1 aromatic carbocycles. The van der Waals surface area contributed by atoms with Gasteiger partial charge in [-0.1, -0.05) is 6.92 Å². The van der Waals surface area contributed by atoms with Gasteiger partial charge in [0.05, 0.1) is 18.4 Å². The molecule has 0 aliphatic carbocycles. The van der Waals surface area contributed by atoms with Crippen LogP contribution in [0, 0.1) is 0 Å². The zero-order valence-corrected chi connectivity index (χ0v) is 11.8. The molecule has 2 aromatic rings. The first-order chi connectivity index (χ1) is 10.2. The van der Waals surface area contributed by atoms with Gasteiger partial charge in [0.25, 0.3) is 5.91 Å². The van der Waals surface area contributed by atoms with Crippen LogP contribution in [0.5, 0.6) is 11.5 Å². The van der Waals surface area contributed by atoms with Crippen LogP contribution in [0.2, 0.25) is 0 Å². The number of rotatable bonds is 7. The number of hydrogen-bond donors (Lipinski definition) is 2. The second-order valence-electron chi connectivity index (χ2n) is 4.34. The minimum Gasteiger partial charge on any atom is -0.494 e. The van der Waals surface area contributed by atoms with Gasteiger partial charge in [0.15, 0.2) is 5.76 Å². The summed E-state index contributed by atoms with van der Waals surface area (Å²) in [5.41, 5.74) is 2.42. The summed E-state index contributed by atoms with van der Waals surface area (Å²) in [6.45, 7) is 2.88. The van der Waals surface area contributed by atoms with Crippen molar-refractivity contribution >= 4 is 5.91 Å². The van der Waals surface area contributed by atoms with Gasteiger partial charge in [-0.2, -0.15) is 0 Å². The van der Waals surface area contributed by atoms with E-state index in [1.165, 1.54) is 6.26 Å². The van der Waals surface area contributed by atoms with Gasteiger partial charge in [-0.15, -0.1) is 0 Å². The van der Waals surface area contributed by atoms with Gasteiger partial charge in [0.2, 0.25) is 0 Å². The number of carbonyl (C=O) groups excluding carboxylic acids is 1. The molecule has 0 fully saturated rings. The number of amides is 1. The van der Waals surface area contributed by atoms with E-state index in [0.717, 1.165) is 12.2 Å². The zero-order valence-electron chi connectivity index (χ0n) is 11.8. The van der Waals surface area contributed by atoms with Crippen LogP contribution in [-0.4, -0.2) is 12.5 Å². The van der Waals surface area contributed by atoms with E-state index in [4.69, 9.17) is 19.7 Å². The molecule has 21 heavy (non-hydrogen) atoms. The summed E-state index contributed by atoms with van der Waals surface area (Å²) in [4.78, 5) is 11.5. The Balaban J connectivity index is 1.94. The molecule has 0 saturated carbocycles. The number of benzene rings is 1. The van der Waals surface area contributed by atoms with Crippen molar-refractivity contribution < 1.29 is 18.7 Å². The van der Waals surface area contributed by atoms with Gasteiger partial charge >= 0.3 is 0 Å². The minimum atomic E-state index is -0.411. The van der Waals surface area contributed by atoms with Gasteiger partial charge in [0, 0.05) is 0 Å². The highest BCUT2D eigenvalue weighted by Crippen LogP contribution is 2.20. The van der Waals surface area contributed by atoms with Gasteiger partial charge in [0.1, 0.15) is 18.1 Å². The molecule has 2 rings (SSSR count). The second-order valence-corrected chi connectivity index (χ2v) is 4.34. The average Bonchev–Trinajstić information content (AvgIpc) is 2.99. The largest absolute Gasteiger partial charge is 0.494 e. The smallest absolute Gasteiger partial charge is 0.268 e. The summed E-state index contributed by atoms with van der Waals surface area (Å²) in [5, 5.41) is 0. The fourth-order valence-electron chi connectivity index (χ4n) is 1.73. The molecule has 1 heterocycles. The standard InChI is InChI=1S/C15H18N2O4/c1-2-8-19-11-3-5-12(6-4-11)21-10-14-13(7-9-20-14)15(18)17-16/h3-7,9H,2,8,10,16H2,1H3,(H,17,18). The Bertz CT molecular complexity index is 578. The molecule has 3 N–H and O–H groups in total. The maximum atomic E-state index is 11.5. The van der Waals surface area contributed by atoms with Crippen LogP contribution >= 0.6 is 0 Å². The summed E-state index contributed by atoms with van der Waals surface area (Å²) < 4.78 is 16.3. The van der Waals surface area contributed by atoms with Crippen molar-refractivity contribution in [2.24, 2.45) is 5.84 Å². The van der Waals surface area contributed by atoms with Crippen molar-refractivity contribution in [3.05, 3.63) is 47.9 Å². The van der Waals surface area contributed by atoms with E-state index in [1.54, 1.807) is 18.2 Å². The molecule has 0 aliphatic heterocycles. The summed E-state index contributed by atoms with van der Waals surface area (Å²) in [6.07, 6.45) is 2.38. The maximum Gasteiger partial charge on any atom is 0.268 e. The van der Waals surface area contributed by atoms with Gasteiger partial charge in [-0.25, -0.2) is 5.84 Å². The van der Waals surface area contributed by atoms with E-state index >= 15 is 0 Å². The van der Waals surface area contributed by atoms with Crippen molar-refractivity contribution in [1.82, 2.24) is 5.43 Å². The molecule has 0 bridgehead atoms. The van der Waals surface area contributed by atoms with Crippen molar-refractivity contribution in [1.29, 1.82) is 0 Å². The van der Waals surface area contributed by atoms with Gasteiger partial charge in [-0.3, -0.25) is 10.2 Å². The average molecular weight is 290 g/mol. The van der Waals surface area contributed by atoms with Gasteiger partial charge in [-0.05, 0) is 36.8 Å². The molecule has 112 valence electrons. The van der Waals surface area contributed by atoms with Crippen LogP contribution in [0.4, 0.5) is 0 Å². The number of hydrogen-bond acceptors (Lipinski definition) is 5. The van der Waals surface area contributed by atoms with Crippen LogP contribution in [-0.2, 0) is 6.61 Å². The Labute approximate surface area is 122 Å².